The van der Waals surface area contributed by atoms with Crippen molar-refractivity contribution in [3.05, 3.63) is 29.3 Å². The Balaban J connectivity index is 1.61. The molecular weight excluding hydrogens is 312 g/mol. The number of rotatable bonds is 6. The minimum absolute atomic E-state index is 0.0534. The third-order valence-corrected chi connectivity index (χ3v) is 5.71. The highest BCUT2D eigenvalue weighted by Crippen LogP contribution is 2.47. The van der Waals surface area contributed by atoms with E-state index in [1.54, 1.807) is 0 Å². The summed E-state index contributed by atoms with van der Waals surface area (Å²) in [5.74, 6) is 1.30. The molecule has 1 aliphatic heterocycles. The highest BCUT2D eigenvalue weighted by atomic mass is 16.5. The van der Waals surface area contributed by atoms with Crippen LogP contribution >= 0.6 is 0 Å². The lowest BCUT2D eigenvalue weighted by molar-refractivity contribution is 0.0423. The Bertz CT molecular complexity index is 598. The van der Waals surface area contributed by atoms with Gasteiger partial charge in [0.2, 0.25) is 0 Å². The van der Waals surface area contributed by atoms with E-state index in [0.29, 0.717) is 24.0 Å². The van der Waals surface area contributed by atoms with Crippen molar-refractivity contribution in [3.63, 3.8) is 0 Å². The van der Waals surface area contributed by atoms with Crippen LogP contribution in [0.25, 0.3) is 0 Å². The molecule has 1 saturated heterocycles. The van der Waals surface area contributed by atoms with Crippen molar-refractivity contribution in [2.45, 2.75) is 64.8 Å². The number of ether oxygens (including phenoxy) is 1. The average Bonchev–Trinajstić information content (AvgIpc) is 2.59. The van der Waals surface area contributed by atoms with Crippen LogP contribution in [-0.2, 0) is 0 Å². The van der Waals surface area contributed by atoms with Crippen molar-refractivity contribution in [1.82, 2.24) is 10.6 Å². The van der Waals surface area contributed by atoms with Gasteiger partial charge in [-0.1, -0.05) is 20.8 Å². The Kier molecular flexibility index (Phi) is 5.67. The van der Waals surface area contributed by atoms with Gasteiger partial charge in [-0.05, 0) is 80.3 Å². The summed E-state index contributed by atoms with van der Waals surface area (Å²) in [7, 11) is 0. The number of amides is 1. The summed E-state index contributed by atoms with van der Waals surface area (Å²) in [6.45, 7) is 9.34. The minimum Gasteiger partial charge on any atom is -0.493 e. The maximum atomic E-state index is 12.7. The van der Waals surface area contributed by atoms with E-state index in [1.165, 1.54) is 12.8 Å². The summed E-state index contributed by atoms with van der Waals surface area (Å²) in [4.78, 5) is 12.7. The number of hydrogen-bond donors (Lipinski definition) is 2. The lowest BCUT2D eigenvalue weighted by Gasteiger charge is -2.50. The van der Waals surface area contributed by atoms with Crippen LogP contribution in [0, 0.1) is 5.41 Å². The number of benzene rings is 1. The summed E-state index contributed by atoms with van der Waals surface area (Å²) in [6, 6.07) is 6.19. The topological polar surface area (TPSA) is 50.4 Å². The molecule has 0 unspecified atom stereocenters. The molecule has 1 heterocycles. The van der Waals surface area contributed by atoms with E-state index < -0.39 is 0 Å². The van der Waals surface area contributed by atoms with E-state index in [1.807, 2.05) is 18.2 Å². The zero-order chi connectivity index (χ0) is 17.9. The smallest absolute Gasteiger partial charge is 0.251 e. The van der Waals surface area contributed by atoms with Crippen LogP contribution in [-0.4, -0.2) is 31.6 Å². The normalized spacial score (nSPS) is 19.7. The van der Waals surface area contributed by atoms with Gasteiger partial charge in [0.1, 0.15) is 5.75 Å². The molecule has 1 aromatic rings. The van der Waals surface area contributed by atoms with Gasteiger partial charge in [-0.2, -0.15) is 0 Å². The lowest BCUT2D eigenvalue weighted by Crippen LogP contribution is -2.54. The van der Waals surface area contributed by atoms with Gasteiger partial charge >= 0.3 is 0 Å². The molecule has 3 rings (SSSR count). The van der Waals surface area contributed by atoms with Crippen LogP contribution in [0.5, 0.6) is 5.75 Å². The Morgan fingerprint density at radius 3 is 2.68 bits per heavy atom. The summed E-state index contributed by atoms with van der Waals surface area (Å²) < 4.78 is 5.83. The van der Waals surface area contributed by atoms with E-state index in [4.69, 9.17) is 4.74 Å². The van der Waals surface area contributed by atoms with Crippen LogP contribution in [0.4, 0.5) is 0 Å². The molecule has 1 aromatic carbocycles. The maximum Gasteiger partial charge on any atom is 0.251 e. The van der Waals surface area contributed by atoms with Gasteiger partial charge in [-0.25, -0.2) is 0 Å². The summed E-state index contributed by atoms with van der Waals surface area (Å²) in [6.07, 6.45) is 5.75. The third kappa shape index (κ3) is 4.17. The first-order chi connectivity index (χ1) is 12.0. The number of hydrogen-bond acceptors (Lipinski definition) is 3. The summed E-state index contributed by atoms with van der Waals surface area (Å²) in [5, 5.41) is 6.66. The largest absolute Gasteiger partial charge is 0.493 e. The summed E-state index contributed by atoms with van der Waals surface area (Å²) in [5.41, 5.74) is 2.35. The molecule has 4 nitrogen and oxygen atoms in total. The van der Waals surface area contributed by atoms with E-state index in [9.17, 15) is 4.79 Å². The SMILES string of the molecule is CCCOc1ccc(C(=O)NC2CC3(CCNCC3)C2)cc1C(C)C. The first-order valence-electron chi connectivity index (χ1n) is 9.81. The zero-order valence-electron chi connectivity index (χ0n) is 15.9. The molecule has 1 spiro atoms. The Labute approximate surface area is 151 Å². The monoisotopic (exact) mass is 344 g/mol. The fourth-order valence-electron chi connectivity index (χ4n) is 4.21. The van der Waals surface area contributed by atoms with Crippen molar-refractivity contribution < 1.29 is 9.53 Å². The Morgan fingerprint density at radius 2 is 2.04 bits per heavy atom. The maximum absolute atomic E-state index is 12.7. The number of carbonyl (C=O) groups is 1. The van der Waals surface area contributed by atoms with Crippen molar-refractivity contribution in [2.75, 3.05) is 19.7 Å². The molecule has 0 aromatic heterocycles. The molecule has 25 heavy (non-hydrogen) atoms. The van der Waals surface area contributed by atoms with E-state index in [0.717, 1.165) is 49.2 Å². The van der Waals surface area contributed by atoms with Gasteiger partial charge in [0, 0.05) is 11.6 Å². The second-order valence-electron chi connectivity index (χ2n) is 8.08. The molecule has 0 bridgehead atoms. The molecule has 4 heteroatoms. The quantitative estimate of drug-likeness (QED) is 0.824. The standard InChI is InChI=1S/C21H32N2O2/c1-4-11-25-19-6-5-16(12-18(19)15(2)3)20(24)23-17-13-21(14-17)7-9-22-10-8-21/h5-6,12,15,17,22H,4,7-11,13-14H2,1-3H3,(H,23,24). The zero-order valence-corrected chi connectivity index (χ0v) is 15.9. The van der Waals surface area contributed by atoms with Gasteiger partial charge in [0.25, 0.3) is 5.91 Å². The first kappa shape index (κ1) is 18.2. The predicted octanol–water partition coefficient (Wildman–Crippen LogP) is 3.86. The van der Waals surface area contributed by atoms with E-state index in [-0.39, 0.29) is 5.91 Å². The van der Waals surface area contributed by atoms with Crippen molar-refractivity contribution >= 4 is 5.91 Å². The molecule has 0 atom stereocenters. The van der Waals surface area contributed by atoms with Gasteiger partial charge < -0.3 is 15.4 Å². The van der Waals surface area contributed by atoms with E-state index in [2.05, 4.69) is 31.4 Å². The van der Waals surface area contributed by atoms with Gasteiger partial charge in [-0.3, -0.25) is 4.79 Å². The highest BCUT2D eigenvalue weighted by molar-refractivity contribution is 5.94. The second kappa shape index (κ2) is 7.77. The molecule has 1 saturated carbocycles. The minimum atomic E-state index is 0.0534. The highest BCUT2D eigenvalue weighted by Gasteiger charge is 2.44. The van der Waals surface area contributed by atoms with Crippen LogP contribution in [0.1, 0.15) is 74.7 Å². The molecule has 2 fully saturated rings. The van der Waals surface area contributed by atoms with Gasteiger partial charge in [-0.15, -0.1) is 0 Å². The van der Waals surface area contributed by atoms with Crippen molar-refractivity contribution in [3.8, 4) is 5.75 Å². The lowest BCUT2D eigenvalue weighted by atomic mass is 9.60. The predicted molar refractivity (Wildman–Crippen MR) is 101 cm³/mol. The van der Waals surface area contributed by atoms with Gasteiger partial charge in [0.05, 0.1) is 6.61 Å². The summed E-state index contributed by atoms with van der Waals surface area (Å²) >= 11 is 0. The van der Waals surface area contributed by atoms with Crippen LogP contribution in [0.15, 0.2) is 18.2 Å². The Morgan fingerprint density at radius 1 is 1.32 bits per heavy atom. The molecule has 2 aliphatic rings. The Hall–Kier alpha value is -1.55. The molecular formula is C21H32N2O2. The number of nitrogens with one attached hydrogen (secondary N) is 2. The molecule has 138 valence electrons. The van der Waals surface area contributed by atoms with E-state index >= 15 is 0 Å². The van der Waals surface area contributed by atoms with Gasteiger partial charge in [0.15, 0.2) is 0 Å². The van der Waals surface area contributed by atoms with Crippen LogP contribution in [0.3, 0.4) is 0 Å². The number of piperidine rings is 1. The molecule has 1 amide bonds. The average molecular weight is 344 g/mol. The third-order valence-electron chi connectivity index (χ3n) is 5.71. The second-order valence-corrected chi connectivity index (χ2v) is 8.08. The molecule has 0 radical (unpaired) electrons. The number of carbonyl (C=O) groups excluding carboxylic acids is 1. The first-order valence-corrected chi connectivity index (χ1v) is 9.81. The molecule has 2 N–H and O–H groups in total. The van der Waals surface area contributed by atoms with Crippen LogP contribution < -0.4 is 15.4 Å². The fraction of sp³-hybridized carbons (Fsp3) is 0.667. The van der Waals surface area contributed by atoms with Crippen molar-refractivity contribution in [2.24, 2.45) is 5.41 Å². The van der Waals surface area contributed by atoms with Crippen LogP contribution in [0.2, 0.25) is 0 Å². The van der Waals surface area contributed by atoms with Crippen molar-refractivity contribution in [1.29, 1.82) is 0 Å². The molecule has 1 aliphatic carbocycles. The fourth-order valence-corrected chi connectivity index (χ4v) is 4.21.